The summed E-state index contributed by atoms with van der Waals surface area (Å²) in [5, 5.41) is 11.7. The molecule has 5 nitrogen and oxygen atoms in total. The standard InChI is InChI=1S/C24H20N2O3S/c1-2-18-15-26(14-17-10-7-9-16-8-3-4-11-19(16)17)24(30-18)25-22(27)20-12-5-6-13-21(20)23(28)29/h3-13,15H,2,14H2,1H3,(H,28,29). The van der Waals surface area contributed by atoms with Crippen molar-refractivity contribution in [2.45, 2.75) is 19.9 Å². The van der Waals surface area contributed by atoms with Crippen LogP contribution in [0.1, 0.15) is 38.1 Å². The van der Waals surface area contributed by atoms with Crippen molar-refractivity contribution in [2.75, 3.05) is 0 Å². The molecule has 1 amide bonds. The Balaban J connectivity index is 1.78. The van der Waals surface area contributed by atoms with Crippen LogP contribution in [0.15, 0.2) is 77.9 Å². The van der Waals surface area contributed by atoms with Gasteiger partial charge in [-0.15, -0.1) is 11.3 Å². The van der Waals surface area contributed by atoms with Crippen molar-refractivity contribution in [1.29, 1.82) is 0 Å². The van der Waals surface area contributed by atoms with Gasteiger partial charge in [0.1, 0.15) is 0 Å². The highest BCUT2D eigenvalue weighted by Crippen LogP contribution is 2.20. The number of carbonyl (C=O) groups is 2. The number of benzene rings is 3. The van der Waals surface area contributed by atoms with Crippen molar-refractivity contribution < 1.29 is 14.7 Å². The van der Waals surface area contributed by atoms with Crippen molar-refractivity contribution in [1.82, 2.24) is 4.57 Å². The molecule has 4 aromatic rings. The summed E-state index contributed by atoms with van der Waals surface area (Å²) in [4.78, 5) is 30.2. The van der Waals surface area contributed by atoms with E-state index in [1.54, 1.807) is 12.1 Å². The number of hydrogen-bond donors (Lipinski definition) is 1. The van der Waals surface area contributed by atoms with E-state index < -0.39 is 11.9 Å². The zero-order chi connectivity index (χ0) is 21.1. The summed E-state index contributed by atoms with van der Waals surface area (Å²) in [6.07, 6.45) is 2.84. The van der Waals surface area contributed by atoms with E-state index in [4.69, 9.17) is 0 Å². The van der Waals surface area contributed by atoms with E-state index in [-0.39, 0.29) is 11.1 Å². The minimum atomic E-state index is -1.14. The van der Waals surface area contributed by atoms with E-state index in [9.17, 15) is 14.7 Å². The Bertz CT molecular complexity index is 1310. The van der Waals surface area contributed by atoms with Gasteiger partial charge in [0.2, 0.25) is 0 Å². The summed E-state index contributed by atoms with van der Waals surface area (Å²) in [6, 6.07) is 20.5. The van der Waals surface area contributed by atoms with Crippen LogP contribution >= 0.6 is 11.3 Å². The topological polar surface area (TPSA) is 71.7 Å². The first-order valence-corrected chi connectivity index (χ1v) is 10.5. The van der Waals surface area contributed by atoms with Crippen LogP contribution in [0.25, 0.3) is 10.8 Å². The number of hydrogen-bond acceptors (Lipinski definition) is 3. The molecule has 0 saturated carbocycles. The third kappa shape index (κ3) is 3.95. The van der Waals surface area contributed by atoms with Crippen LogP contribution in [0, 0.1) is 0 Å². The van der Waals surface area contributed by atoms with E-state index in [0.29, 0.717) is 11.3 Å². The summed E-state index contributed by atoms with van der Waals surface area (Å²) in [6.45, 7) is 2.63. The highest BCUT2D eigenvalue weighted by molar-refractivity contribution is 7.09. The van der Waals surface area contributed by atoms with Gasteiger partial charge in [-0.2, -0.15) is 4.99 Å². The Morgan fingerprint density at radius 2 is 1.67 bits per heavy atom. The van der Waals surface area contributed by atoms with Crippen LogP contribution in [0.4, 0.5) is 0 Å². The van der Waals surface area contributed by atoms with Crippen LogP contribution in [0.5, 0.6) is 0 Å². The minimum Gasteiger partial charge on any atom is -0.478 e. The number of aromatic nitrogens is 1. The fourth-order valence-corrected chi connectivity index (χ4v) is 4.33. The maximum Gasteiger partial charge on any atom is 0.336 e. The second-order valence-corrected chi connectivity index (χ2v) is 7.96. The van der Waals surface area contributed by atoms with Crippen molar-refractivity contribution in [3.63, 3.8) is 0 Å². The van der Waals surface area contributed by atoms with Crippen molar-refractivity contribution >= 4 is 34.0 Å². The summed E-state index contributed by atoms with van der Waals surface area (Å²) in [5.74, 6) is -1.69. The minimum absolute atomic E-state index is 0.0425. The van der Waals surface area contributed by atoms with Crippen LogP contribution in [0.3, 0.4) is 0 Å². The number of carboxylic acids is 1. The van der Waals surface area contributed by atoms with Gasteiger partial charge >= 0.3 is 5.97 Å². The highest BCUT2D eigenvalue weighted by atomic mass is 32.1. The number of fused-ring (bicyclic) bond motifs is 1. The largest absolute Gasteiger partial charge is 0.478 e. The third-order valence-corrected chi connectivity index (χ3v) is 6.09. The first-order valence-electron chi connectivity index (χ1n) is 9.64. The number of thiazole rings is 1. The molecule has 1 heterocycles. The molecule has 150 valence electrons. The number of carbonyl (C=O) groups excluding carboxylic acids is 1. The molecular formula is C24H20N2O3S. The Morgan fingerprint density at radius 1 is 0.967 bits per heavy atom. The zero-order valence-electron chi connectivity index (χ0n) is 16.4. The van der Waals surface area contributed by atoms with E-state index in [2.05, 4.69) is 36.2 Å². The fraction of sp³-hybridized carbons (Fsp3) is 0.125. The SMILES string of the molecule is CCc1cn(Cc2cccc3ccccc23)c(=NC(=O)c2ccccc2C(=O)O)s1. The van der Waals surface area contributed by atoms with Crippen molar-refractivity contribution in [3.05, 3.63) is 99.3 Å². The van der Waals surface area contributed by atoms with Gasteiger partial charge < -0.3 is 9.67 Å². The molecular weight excluding hydrogens is 396 g/mol. The Labute approximate surface area is 177 Å². The first kappa shape index (κ1) is 19.8. The maximum atomic E-state index is 12.8. The maximum absolute atomic E-state index is 12.8. The smallest absolute Gasteiger partial charge is 0.336 e. The Kier molecular flexibility index (Phi) is 5.59. The van der Waals surface area contributed by atoms with Gasteiger partial charge in [0.25, 0.3) is 5.91 Å². The quantitative estimate of drug-likeness (QED) is 0.510. The van der Waals surface area contributed by atoms with E-state index >= 15 is 0 Å². The predicted molar refractivity (Wildman–Crippen MR) is 118 cm³/mol. The molecule has 0 fully saturated rings. The van der Waals surface area contributed by atoms with Crippen molar-refractivity contribution in [2.24, 2.45) is 4.99 Å². The molecule has 0 bridgehead atoms. The molecule has 0 aliphatic heterocycles. The van der Waals surface area contributed by atoms with E-state index in [1.807, 2.05) is 29.0 Å². The molecule has 0 unspecified atom stereocenters. The molecule has 0 radical (unpaired) electrons. The average Bonchev–Trinajstić information content (AvgIpc) is 3.15. The molecule has 0 aliphatic carbocycles. The normalized spacial score (nSPS) is 11.7. The lowest BCUT2D eigenvalue weighted by Crippen LogP contribution is -2.18. The summed E-state index contributed by atoms with van der Waals surface area (Å²) in [5.41, 5.74) is 1.18. The number of aryl methyl sites for hydroxylation is 1. The van der Waals surface area contributed by atoms with Gasteiger partial charge in [-0.25, -0.2) is 4.79 Å². The lowest BCUT2D eigenvalue weighted by Gasteiger charge is -2.08. The van der Waals surface area contributed by atoms with Gasteiger partial charge in [0.05, 0.1) is 17.7 Å². The highest BCUT2D eigenvalue weighted by Gasteiger charge is 2.16. The monoisotopic (exact) mass is 416 g/mol. The van der Waals surface area contributed by atoms with E-state index in [0.717, 1.165) is 27.6 Å². The van der Waals surface area contributed by atoms with Crippen LogP contribution < -0.4 is 4.80 Å². The van der Waals surface area contributed by atoms with Gasteiger partial charge in [0.15, 0.2) is 4.80 Å². The Morgan fingerprint density at radius 3 is 2.43 bits per heavy atom. The van der Waals surface area contributed by atoms with E-state index in [1.165, 1.54) is 23.5 Å². The molecule has 0 aliphatic rings. The number of aromatic carboxylic acids is 1. The first-order chi connectivity index (χ1) is 14.6. The van der Waals surface area contributed by atoms with Crippen LogP contribution in [0.2, 0.25) is 0 Å². The lowest BCUT2D eigenvalue weighted by atomic mass is 10.0. The Hall–Kier alpha value is -3.51. The summed E-state index contributed by atoms with van der Waals surface area (Å²) >= 11 is 1.45. The number of carboxylic acid groups (broad SMARTS) is 1. The molecule has 0 atom stereocenters. The van der Waals surface area contributed by atoms with Crippen LogP contribution in [-0.2, 0) is 13.0 Å². The molecule has 6 heteroatoms. The second kappa shape index (κ2) is 8.47. The molecule has 1 N–H and O–H groups in total. The van der Waals surface area contributed by atoms with Gasteiger partial charge in [0, 0.05) is 11.1 Å². The van der Waals surface area contributed by atoms with Gasteiger partial charge in [-0.3, -0.25) is 4.79 Å². The predicted octanol–water partition coefficient (Wildman–Crippen LogP) is 4.75. The third-order valence-electron chi connectivity index (χ3n) is 4.92. The molecule has 0 saturated heterocycles. The van der Waals surface area contributed by atoms with Gasteiger partial charge in [-0.1, -0.05) is 61.5 Å². The summed E-state index contributed by atoms with van der Waals surface area (Å²) in [7, 11) is 0. The fourth-order valence-electron chi connectivity index (χ4n) is 3.41. The number of rotatable bonds is 5. The number of amides is 1. The molecule has 3 aromatic carbocycles. The molecule has 0 spiro atoms. The van der Waals surface area contributed by atoms with Crippen molar-refractivity contribution in [3.8, 4) is 0 Å². The zero-order valence-corrected chi connectivity index (χ0v) is 17.2. The summed E-state index contributed by atoms with van der Waals surface area (Å²) < 4.78 is 1.96. The second-order valence-electron chi connectivity index (χ2n) is 6.87. The lowest BCUT2D eigenvalue weighted by molar-refractivity contribution is 0.0692. The molecule has 1 aromatic heterocycles. The number of nitrogens with zero attached hydrogens (tertiary/aromatic N) is 2. The molecule has 4 rings (SSSR count). The average molecular weight is 417 g/mol. The molecule has 30 heavy (non-hydrogen) atoms. The van der Waals surface area contributed by atoms with Crippen LogP contribution in [-0.4, -0.2) is 21.6 Å². The van der Waals surface area contributed by atoms with Gasteiger partial charge in [-0.05, 0) is 34.9 Å².